The van der Waals surface area contributed by atoms with Crippen LogP contribution in [0.3, 0.4) is 0 Å². The summed E-state index contributed by atoms with van der Waals surface area (Å²) in [6, 6.07) is 0.518. The van der Waals surface area contributed by atoms with E-state index in [1.54, 1.807) is 0 Å². The van der Waals surface area contributed by atoms with Crippen LogP contribution in [0.1, 0.15) is 66.2 Å². The SMILES string of the molecule is CCCCC(CC)C(CCC(C)C)NN. The van der Waals surface area contributed by atoms with Crippen molar-refractivity contribution in [3.63, 3.8) is 0 Å². The fourth-order valence-electron chi connectivity index (χ4n) is 2.12. The molecule has 0 radical (unpaired) electrons. The summed E-state index contributed by atoms with van der Waals surface area (Å²) < 4.78 is 0. The number of hydrazine groups is 1. The number of rotatable bonds is 9. The van der Waals surface area contributed by atoms with Gasteiger partial charge in [0.25, 0.3) is 0 Å². The first-order valence-corrected chi connectivity index (χ1v) is 6.61. The van der Waals surface area contributed by atoms with Crippen molar-refractivity contribution in [2.75, 3.05) is 0 Å². The van der Waals surface area contributed by atoms with E-state index in [2.05, 4.69) is 33.1 Å². The fourth-order valence-corrected chi connectivity index (χ4v) is 2.12. The van der Waals surface area contributed by atoms with Crippen LogP contribution in [-0.2, 0) is 0 Å². The quantitative estimate of drug-likeness (QED) is 0.455. The zero-order chi connectivity index (χ0) is 11.7. The largest absolute Gasteiger partial charge is 0.271 e. The molecule has 0 saturated carbocycles. The van der Waals surface area contributed by atoms with Crippen molar-refractivity contribution >= 4 is 0 Å². The molecule has 0 aromatic carbocycles. The topological polar surface area (TPSA) is 38.0 Å². The summed E-state index contributed by atoms with van der Waals surface area (Å²) in [5.74, 6) is 7.20. The molecule has 0 aromatic rings. The highest BCUT2D eigenvalue weighted by atomic mass is 15.2. The smallest absolute Gasteiger partial charge is 0.0238 e. The Labute approximate surface area is 96.0 Å². The van der Waals surface area contributed by atoms with Gasteiger partial charge in [-0.15, -0.1) is 0 Å². The van der Waals surface area contributed by atoms with Gasteiger partial charge in [-0.25, -0.2) is 0 Å². The lowest BCUT2D eigenvalue weighted by Crippen LogP contribution is -2.41. The lowest BCUT2D eigenvalue weighted by atomic mass is 9.87. The number of nitrogens with one attached hydrogen (secondary N) is 1. The first-order valence-electron chi connectivity index (χ1n) is 6.61. The minimum Gasteiger partial charge on any atom is -0.271 e. The Morgan fingerprint density at radius 3 is 2.13 bits per heavy atom. The maximum Gasteiger partial charge on any atom is 0.0238 e. The molecule has 0 aromatic heterocycles. The minimum absolute atomic E-state index is 0.518. The molecule has 2 heteroatoms. The molecule has 0 fully saturated rings. The van der Waals surface area contributed by atoms with Crippen LogP contribution in [0.2, 0.25) is 0 Å². The molecule has 0 bridgehead atoms. The van der Waals surface area contributed by atoms with Crippen molar-refractivity contribution in [2.45, 2.75) is 72.3 Å². The molecule has 3 N–H and O–H groups in total. The summed E-state index contributed by atoms with van der Waals surface area (Å²) in [6.07, 6.45) is 7.68. The molecule has 0 spiro atoms. The van der Waals surface area contributed by atoms with Gasteiger partial charge >= 0.3 is 0 Å². The summed E-state index contributed by atoms with van der Waals surface area (Å²) >= 11 is 0. The second kappa shape index (κ2) is 9.17. The lowest BCUT2D eigenvalue weighted by molar-refractivity contribution is 0.291. The van der Waals surface area contributed by atoms with Crippen LogP contribution in [0.5, 0.6) is 0 Å². The summed E-state index contributed by atoms with van der Waals surface area (Å²) in [5.41, 5.74) is 3.02. The molecule has 0 aliphatic rings. The molecule has 0 amide bonds. The average molecular weight is 214 g/mol. The molecule has 0 heterocycles. The van der Waals surface area contributed by atoms with Gasteiger partial charge in [-0.05, 0) is 31.1 Å². The molecule has 15 heavy (non-hydrogen) atoms. The van der Waals surface area contributed by atoms with E-state index in [0.29, 0.717) is 6.04 Å². The number of nitrogens with two attached hydrogens (primary N) is 1. The van der Waals surface area contributed by atoms with Crippen LogP contribution < -0.4 is 11.3 Å². The van der Waals surface area contributed by atoms with Gasteiger partial charge in [0, 0.05) is 6.04 Å². The van der Waals surface area contributed by atoms with Crippen molar-refractivity contribution in [2.24, 2.45) is 17.7 Å². The van der Waals surface area contributed by atoms with Gasteiger partial charge in [0.15, 0.2) is 0 Å². The maximum absolute atomic E-state index is 5.66. The lowest BCUT2D eigenvalue weighted by Gasteiger charge is -2.26. The van der Waals surface area contributed by atoms with E-state index in [9.17, 15) is 0 Å². The van der Waals surface area contributed by atoms with Crippen LogP contribution >= 0.6 is 0 Å². The van der Waals surface area contributed by atoms with Gasteiger partial charge in [0.1, 0.15) is 0 Å². The van der Waals surface area contributed by atoms with Gasteiger partial charge in [0.2, 0.25) is 0 Å². The van der Waals surface area contributed by atoms with Gasteiger partial charge in [0.05, 0.1) is 0 Å². The third kappa shape index (κ3) is 6.91. The van der Waals surface area contributed by atoms with Crippen molar-refractivity contribution in [3.8, 4) is 0 Å². The first-order chi connectivity index (χ1) is 7.15. The van der Waals surface area contributed by atoms with Crippen LogP contribution in [0.25, 0.3) is 0 Å². The summed E-state index contributed by atoms with van der Waals surface area (Å²) in [4.78, 5) is 0. The maximum atomic E-state index is 5.66. The first kappa shape index (κ1) is 14.9. The zero-order valence-corrected chi connectivity index (χ0v) is 11.1. The highest BCUT2D eigenvalue weighted by molar-refractivity contribution is 4.74. The molecule has 2 atom stereocenters. The predicted octanol–water partition coefficient (Wildman–Crippen LogP) is 3.47. The van der Waals surface area contributed by atoms with E-state index < -0.39 is 0 Å². The molecule has 2 unspecified atom stereocenters. The standard InChI is InChI=1S/C13H30N2/c1-5-7-8-12(6-2)13(15-14)10-9-11(3)4/h11-13,15H,5-10,14H2,1-4H3. The number of unbranched alkanes of at least 4 members (excludes halogenated alkanes) is 1. The predicted molar refractivity (Wildman–Crippen MR) is 68.5 cm³/mol. The monoisotopic (exact) mass is 214 g/mol. The Morgan fingerprint density at radius 1 is 1.07 bits per heavy atom. The summed E-state index contributed by atoms with van der Waals surface area (Å²) in [6.45, 7) is 9.09. The van der Waals surface area contributed by atoms with Crippen molar-refractivity contribution in [1.82, 2.24) is 5.43 Å². The Kier molecular flexibility index (Phi) is 9.12. The van der Waals surface area contributed by atoms with E-state index in [4.69, 9.17) is 5.84 Å². The average Bonchev–Trinajstić information content (AvgIpc) is 2.22. The molecule has 92 valence electrons. The molecule has 0 aliphatic heterocycles. The zero-order valence-electron chi connectivity index (χ0n) is 11.1. The van der Waals surface area contributed by atoms with E-state index in [-0.39, 0.29) is 0 Å². The summed E-state index contributed by atoms with van der Waals surface area (Å²) in [5, 5.41) is 0. The van der Waals surface area contributed by atoms with Crippen LogP contribution in [0.4, 0.5) is 0 Å². The van der Waals surface area contributed by atoms with Gasteiger partial charge in [-0.3, -0.25) is 11.3 Å². The fraction of sp³-hybridized carbons (Fsp3) is 1.00. The molecular weight excluding hydrogens is 184 g/mol. The number of hydrogen-bond acceptors (Lipinski definition) is 2. The Bertz CT molecular complexity index is 134. The molecular formula is C13H30N2. The molecule has 0 aliphatic carbocycles. The van der Waals surface area contributed by atoms with Crippen LogP contribution in [-0.4, -0.2) is 6.04 Å². The third-order valence-electron chi connectivity index (χ3n) is 3.29. The Balaban J connectivity index is 3.96. The van der Waals surface area contributed by atoms with E-state index >= 15 is 0 Å². The van der Waals surface area contributed by atoms with Crippen LogP contribution in [0, 0.1) is 11.8 Å². The van der Waals surface area contributed by atoms with Gasteiger partial charge < -0.3 is 0 Å². The third-order valence-corrected chi connectivity index (χ3v) is 3.29. The molecule has 2 nitrogen and oxygen atoms in total. The highest BCUT2D eigenvalue weighted by Crippen LogP contribution is 2.21. The number of hydrogen-bond donors (Lipinski definition) is 2. The van der Waals surface area contributed by atoms with E-state index in [1.807, 2.05) is 0 Å². The Hall–Kier alpha value is -0.0800. The van der Waals surface area contributed by atoms with Crippen LogP contribution in [0.15, 0.2) is 0 Å². The molecule has 0 saturated heterocycles. The minimum atomic E-state index is 0.518. The molecule has 0 rings (SSSR count). The van der Waals surface area contributed by atoms with E-state index in [0.717, 1.165) is 11.8 Å². The van der Waals surface area contributed by atoms with Crippen molar-refractivity contribution < 1.29 is 0 Å². The highest BCUT2D eigenvalue weighted by Gasteiger charge is 2.18. The van der Waals surface area contributed by atoms with Gasteiger partial charge in [-0.2, -0.15) is 0 Å². The normalized spacial score (nSPS) is 15.6. The van der Waals surface area contributed by atoms with Gasteiger partial charge in [-0.1, -0.05) is 47.0 Å². The second-order valence-corrected chi connectivity index (χ2v) is 5.05. The van der Waals surface area contributed by atoms with Crippen molar-refractivity contribution in [1.29, 1.82) is 0 Å². The van der Waals surface area contributed by atoms with Crippen molar-refractivity contribution in [3.05, 3.63) is 0 Å². The summed E-state index contributed by atoms with van der Waals surface area (Å²) in [7, 11) is 0. The second-order valence-electron chi connectivity index (χ2n) is 5.05. The Morgan fingerprint density at radius 2 is 1.73 bits per heavy atom. The van der Waals surface area contributed by atoms with E-state index in [1.165, 1.54) is 38.5 Å².